The topological polar surface area (TPSA) is 50.8 Å². The minimum atomic E-state index is -0.127. The second kappa shape index (κ2) is 9.53. The van der Waals surface area contributed by atoms with Crippen LogP contribution in [0.15, 0.2) is 48.5 Å². The zero-order valence-electron chi connectivity index (χ0n) is 16.1. The standard InChI is InChI=1S/C22H28N2O3/c1-24(2)15-18-9-4-3-8-17(18)14-23-22(25)20-11-5-6-12-21(20)27-16-19-10-7-13-26-19/h3-6,8-9,11-12,19H,7,10,13-16H2,1-2H3,(H,23,25)/t19-/m0/s1. The van der Waals surface area contributed by atoms with E-state index >= 15 is 0 Å². The van der Waals surface area contributed by atoms with Gasteiger partial charge in [0, 0.05) is 19.7 Å². The first-order valence-corrected chi connectivity index (χ1v) is 9.46. The summed E-state index contributed by atoms with van der Waals surface area (Å²) in [5.74, 6) is 0.477. The quantitative estimate of drug-likeness (QED) is 0.777. The molecule has 27 heavy (non-hydrogen) atoms. The Hall–Kier alpha value is -2.37. The van der Waals surface area contributed by atoms with Crippen molar-refractivity contribution < 1.29 is 14.3 Å². The molecule has 5 nitrogen and oxygen atoms in total. The van der Waals surface area contributed by atoms with Gasteiger partial charge in [-0.3, -0.25) is 4.79 Å². The van der Waals surface area contributed by atoms with Gasteiger partial charge < -0.3 is 19.7 Å². The zero-order chi connectivity index (χ0) is 19.1. The number of hydrogen-bond donors (Lipinski definition) is 1. The molecule has 1 heterocycles. The Morgan fingerprint density at radius 1 is 1.15 bits per heavy atom. The summed E-state index contributed by atoms with van der Waals surface area (Å²) >= 11 is 0. The number of benzene rings is 2. The van der Waals surface area contributed by atoms with Crippen LogP contribution in [0.1, 0.15) is 34.3 Å². The first kappa shape index (κ1) is 19.4. The lowest BCUT2D eigenvalue weighted by Crippen LogP contribution is -2.25. The van der Waals surface area contributed by atoms with Crippen molar-refractivity contribution >= 4 is 5.91 Å². The van der Waals surface area contributed by atoms with Gasteiger partial charge in [0.25, 0.3) is 5.91 Å². The molecule has 2 aromatic rings. The van der Waals surface area contributed by atoms with Gasteiger partial charge in [-0.25, -0.2) is 0 Å². The number of para-hydroxylation sites is 1. The zero-order valence-corrected chi connectivity index (χ0v) is 16.1. The first-order chi connectivity index (χ1) is 13.1. The fourth-order valence-electron chi connectivity index (χ4n) is 3.23. The van der Waals surface area contributed by atoms with Gasteiger partial charge in [0.2, 0.25) is 0 Å². The largest absolute Gasteiger partial charge is 0.490 e. The van der Waals surface area contributed by atoms with Gasteiger partial charge in [-0.2, -0.15) is 0 Å². The Labute approximate surface area is 161 Å². The SMILES string of the molecule is CN(C)Cc1ccccc1CNC(=O)c1ccccc1OC[C@@H]1CCCO1. The molecular formula is C22H28N2O3. The molecule has 1 N–H and O–H groups in total. The van der Waals surface area contributed by atoms with Gasteiger partial charge in [0.05, 0.1) is 11.7 Å². The maximum Gasteiger partial charge on any atom is 0.255 e. The number of amides is 1. The van der Waals surface area contributed by atoms with Crippen LogP contribution in [0.3, 0.4) is 0 Å². The molecule has 0 unspecified atom stereocenters. The van der Waals surface area contributed by atoms with Crippen LogP contribution in [-0.4, -0.2) is 44.2 Å². The van der Waals surface area contributed by atoms with E-state index in [0.29, 0.717) is 24.5 Å². The van der Waals surface area contributed by atoms with Crippen molar-refractivity contribution in [3.8, 4) is 5.75 Å². The predicted octanol–water partition coefficient (Wildman–Crippen LogP) is 3.24. The average Bonchev–Trinajstić information content (AvgIpc) is 3.19. The molecule has 1 aliphatic rings. The van der Waals surface area contributed by atoms with Crippen molar-refractivity contribution in [2.45, 2.75) is 32.0 Å². The summed E-state index contributed by atoms with van der Waals surface area (Å²) in [5, 5.41) is 3.03. The summed E-state index contributed by atoms with van der Waals surface area (Å²) in [7, 11) is 4.08. The Kier molecular flexibility index (Phi) is 6.85. The fourth-order valence-corrected chi connectivity index (χ4v) is 3.23. The minimum Gasteiger partial charge on any atom is -0.490 e. The van der Waals surface area contributed by atoms with E-state index < -0.39 is 0 Å². The molecule has 1 saturated heterocycles. The molecule has 1 fully saturated rings. The van der Waals surface area contributed by atoms with Gasteiger partial charge in [-0.05, 0) is 50.2 Å². The molecule has 0 radical (unpaired) electrons. The summed E-state index contributed by atoms with van der Waals surface area (Å²) in [6.45, 7) is 2.61. The number of hydrogen-bond acceptors (Lipinski definition) is 4. The van der Waals surface area contributed by atoms with Crippen LogP contribution in [0, 0.1) is 0 Å². The Bertz CT molecular complexity index is 755. The highest BCUT2D eigenvalue weighted by Gasteiger charge is 2.18. The molecule has 1 aliphatic heterocycles. The van der Waals surface area contributed by atoms with Crippen LogP contribution in [-0.2, 0) is 17.8 Å². The Balaban J connectivity index is 1.63. The van der Waals surface area contributed by atoms with Gasteiger partial charge in [0.1, 0.15) is 12.4 Å². The Morgan fingerprint density at radius 2 is 1.89 bits per heavy atom. The van der Waals surface area contributed by atoms with Gasteiger partial charge in [0.15, 0.2) is 0 Å². The molecule has 1 atom stereocenters. The second-order valence-corrected chi connectivity index (χ2v) is 7.13. The number of carbonyl (C=O) groups is 1. The normalized spacial score (nSPS) is 16.5. The lowest BCUT2D eigenvalue weighted by molar-refractivity contribution is 0.0670. The molecule has 144 valence electrons. The summed E-state index contributed by atoms with van der Waals surface area (Å²) < 4.78 is 11.5. The average molecular weight is 368 g/mol. The van der Waals surface area contributed by atoms with Gasteiger partial charge >= 0.3 is 0 Å². The van der Waals surface area contributed by atoms with E-state index in [1.165, 1.54) is 5.56 Å². The van der Waals surface area contributed by atoms with Crippen LogP contribution in [0.2, 0.25) is 0 Å². The molecule has 0 bridgehead atoms. The summed E-state index contributed by atoms with van der Waals surface area (Å²) in [5.41, 5.74) is 2.89. The second-order valence-electron chi connectivity index (χ2n) is 7.13. The predicted molar refractivity (Wildman–Crippen MR) is 106 cm³/mol. The molecule has 0 saturated carbocycles. The molecule has 3 rings (SSSR count). The maximum absolute atomic E-state index is 12.7. The molecule has 0 spiro atoms. The van der Waals surface area contributed by atoms with Gasteiger partial charge in [-0.1, -0.05) is 36.4 Å². The lowest BCUT2D eigenvalue weighted by atomic mass is 10.1. The Morgan fingerprint density at radius 3 is 2.63 bits per heavy atom. The highest BCUT2D eigenvalue weighted by molar-refractivity contribution is 5.96. The molecule has 2 aromatic carbocycles. The number of carbonyl (C=O) groups excluding carboxylic acids is 1. The third-order valence-electron chi connectivity index (χ3n) is 4.62. The number of rotatable bonds is 8. The van der Waals surface area contributed by atoms with E-state index in [2.05, 4.69) is 22.3 Å². The third-order valence-corrected chi connectivity index (χ3v) is 4.62. The molecule has 0 aromatic heterocycles. The number of nitrogens with zero attached hydrogens (tertiary/aromatic N) is 1. The molecule has 5 heteroatoms. The van der Waals surface area contributed by atoms with Crippen molar-refractivity contribution in [1.82, 2.24) is 10.2 Å². The van der Waals surface area contributed by atoms with Crippen molar-refractivity contribution in [2.75, 3.05) is 27.3 Å². The van der Waals surface area contributed by atoms with Crippen LogP contribution >= 0.6 is 0 Å². The molecule has 0 aliphatic carbocycles. The maximum atomic E-state index is 12.7. The highest BCUT2D eigenvalue weighted by atomic mass is 16.5. The first-order valence-electron chi connectivity index (χ1n) is 9.46. The fraction of sp³-hybridized carbons (Fsp3) is 0.409. The number of ether oxygens (including phenoxy) is 2. The van der Waals surface area contributed by atoms with E-state index in [0.717, 1.165) is 31.6 Å². The van der Waals surface area contributed by atoms with E-state index in [1.807, 2.05) is 44.4 Å². The summed E-state index contributed by atoms with van der Waals surface area (Å²) in [6.07, 6.45) is 2.21. The summed E-state index contributed by atoms with van der Waals surface area (Å²) in [6, 6.07) is 15.5. The van der Waals surface area contributed by atoms with Gasteiger partial charge in [-0.15, -0.1) is 0 Å². The van der Waals surface area contributed by atoms with Crippen molar-refractivity contribution in [3.05, 3.63) is 65.2 Å². The molecular weight excluding hydrogens is 340 g/mol. The summed E-state index contributed by atoms with van der Waals surface area (Å²) in [4.78, 5) is 14.9. The van der Waals surface area contributed by atoms with E-state index in [4.69, 9.17) is 9.47 Å². The molecule has 1 amide bonds. The van der Waals surface area contributed by atoms with Crippen LogP contribution in [0.5, 0.6) is 5.75 Å². The minimum absolute atomic E-state index is 0.124. The monoisotopic (exact) mass is 368 g/mol. The van der Waals surface area contributed by atoms with E-state index in [9.17, 15) is 4.79 Å². The van der Waals surface area contributed by atoms with E-state index in [-0.39, 0.29) is 12.0 Å². The lowest BCUT2D eigenvalue weighted by Gasteiger charge is -2.16. The van der Waals surface area contributed by atoms with Crippen molar-refractivity contribution in [2.24, 2.45) is 0 Å². The van der Waals surface area contributed by atoms with Crippen molar-refractivity contribution in [3.63, 3.8) is 0 Å². The number of nitrogens with one attached hydrogen (secondary N) is 1. The highest BCUT2D eigenvalue weighted by Crippen LogP contribution is 2.21. The third kappa shape index (κ3) is 5.55. The smallest absolute Gasteiger partial charge is 0.255 e. The van der Waals surface area contributed by atoms with Crippen LogP contribution in [0.4, 0.5) is 0 Å². The van der Waals surface area contributed by atoms with Crippen molar-refractivity contribution in [1.29, 1.82) is 0 Å². The van der Waals surface area contributed by atoms with Crippen LogP contribution < -0.4 is 10.1 Å². The van der Waals surface area contributed by atoms with E-state index in [1.54, 1.807) is 6.07 Å². The van der Waals surface area contributed by atoms with Crippen LogP contribution in [0.25, 0.3) is 0 Å².